The quantitative estimate of drug-likeness (QED) is 0.344. The Balaban J connectivity index is 1.26. The molecule has 0 atom stereocenters. The maximum atomic E-state index is 11.0. The third-order valence-corrected chi connectivity index (χ3v) is 6.88. The smallest absolute Gasteiger partial charge is 0.161 e. The highest BCUT2D eigenvalue weighted by Gasteiger charge is 2.33. The fourth-order valence-corrected chi connectivity index (χ4v) is 4.69. The van der Waals surface area contributed by atoms with Crippen LogP contribution in [0, 0.1) is 0 Å². The molecule has 36 heavy (non-hydrogen) atoms. The lowest BCUT2D eigenvalue weighted by Gasteiger charge is -2.38. The summed E-state index contributed by atoms with van der Waals surface area (Å²) in [4.78, 5) is 6.72. The summed E-state index contributed by atoms with van der Waals surface area (Å²) in [7, 11) is 1.66. The van der Waals surface area contributed by atoms with Gasteiger partial charge in [0, 0.05) is 50.0 Å². The largest absolute Gasteiger partial charge is 0.493 e. The number of likely N-dealkylation sites (tertiary alicyclic amines) is 1. The van der Waals surface area contributed by atoms with E-state index in [1.165, 1.54) is 0 Å². The molecule has 0 amide bonds. The molecule has 1 saturated heterocycles. The number of methoxy groups -OCH3 is 1. The van der Waals surface area contributed by atoms with Gasteiger partial charge in [0.1, 0.15) is 23.8 Å². The number of hydrogen-bond acceptors (Lipinski definition) is 6. The van der Waals surface area contributed by atoms with Gasteiger partial charge in [0.2, 0.25) is 0 Å². The van der Waals surface area contributed by atoms with E-state index in [-0.39, 0.29) is 6.61 Å². The molecule has 0 saturated carbocycles. The van der Waals surface area contributed by atoms with Crippen LogP contribution < -0.4 is 14.2 Å². The number of rotatable bonds is 12. The van der Waals surface area contributed by atoms with Gasteiger partial charge in [-0.1, -0.05) is 30.7 Å². The summed E-state index contributed by atoms with van der Waals surface area (Å²) in [6, 6.07) is 13.4. The van der Waals surface area contributed by atoms with Crippen molar-refractivity contribution in [2.24, 2.45) is 0 Å². The van der Waals surface area contributed by atoms with E-state index in [0.29, 0.717) is 30.2 Å². The Kier molecular flexibility index (Phi) is 9.13. The van der Waals surface area contributed by atoms with Crippen molar-refractivity contribution in [1.29, 1.82) is 0 Å². The molecule has 194 valence electrons. The van der Waals surface area contributed by atoms with Crippen molar-refractivity contribution < 1.29 is 19.3 Å². The van der Waals surface area contributed by atoms with Crippen LogP contribution in [0.5, 0.6) is 17.2 Å². The van der Waals surface area contributed by atoms with E-state index in [0.717, 1.165) is 61.9 Å². The van der Waals surface area contributed by atoms with Gasteiger partial charge in [-0.25, -0.2) is 4.98 Å². The number of halogens is 1. The Morgan fingerprint density at radius 2 is 1.92 bits per heavy atom. The molecule has 0 aliphatic carbocycles. The van der Waals surface area contributed by atoms with E-state index in [1.807, 2.05) is 30.6 Å². The summed E-state index contributed by atoms with van der Waals surface area (Å²) in [5.74, 6) is 3.28. The minimum atomic E-state index is -0.833. The second-order valence-corrected chi connectivity index (χ2v) is 9.76. The Labute approximate surface area is 218 Å². The molecule has 0 spiro atoms. The Morgan fingerprint density at radius 1 is 1.08 bits per heavy atom. The van der Waals surface area contributed by atoms with Gasteiger partial charge in [0.15, 0.2) is 11.5 Å². The second kappa shape index (κ2) is 12.5. The molecule has 1 aliphatic rings. The lowest BCUT2D eigenvalue weighted by Crippen LogP contribution is -2.47. The van der Waals surface area contributed by atoms with Crippen molar-refractivity contribution >= 4 is 11.6 Å². The second-order valence-electron chi connectivity index (χ2n) is 9.32. The molecule has 3 aromatic rings. The van der Waals surface area contributed by atoms with Crippen LogP contribution in [0.25, 0.3) is 0 Å². The number of aromatic nitrogens is 2. The van der Waals surface area contributed by atoms with Gasteiger partial charge < -0.3 is 23.9 Å². The van der Waals surface area contributed by atoms with Crippen molar-refractivity contribution in [2.75, 3.05) is 33.4 Å². The molecule has 1 fully saturated rings. The first-order chi connectivity index (χ1) is 17.5. The van der Waals surface area contributed by atoms with Gasteiger partial charge in [0.25, 0.3) is 0 Å². The molecule has 7 nitrogen and oxygen atoms in total. The number of aliphatic hydroxyl groups is 1. The van der Waals surface area contributed by atoms with Crippen LogP contribution in [0.4, 0.5) is 0 Å². The molecule has 4 rings (SSSR count). The van der Waals surface area contributed by atoms with E-state index in [9.17, 15) is 5.11 Å². The first-order valence-electron chi connectivity index (χ1n) is 12.6. The van der Waals surface area contributed by atoms with E-state index >= 15 is 0 Å². The van der Waals surface area contributed by atoms with Crippen LogP contribution in [0.1, 0.15) is 37.6 Å². The molecule has 0 bridgehead atoms. The summed E-state index contributed by atoms with van der Waals surface area (Å²) >= 11 is 6.03. The molecule has 2 heterocycles. The Bertz CT molecular complexity index is 1110. The maximum absolute atomic E-state index is 11.0. The Hall–Kier alpha value is -2.74. The number of nitrogens with zero attached hydrogens (tertiary/aromatic N) is 3. The standard InChI is InChI=1S/C28H36ClN3O4/c1-3-27-30-12-16-32(27)13-5-17-35-26-18-22(8-9-25(26)34-2)20-31-14-10-28(33,11-15-31)21-36-24-7-4-6-23(29)19-24/h4,6-9,12,16,18-19,33H,3,5,10-11,13-15,17,20-21H2,1-2H3. The topological polar surface area (TPSA) is 69.0 Å². The molecular weight excluding hydrogens is 478 g/mol. The zero-order valence-electron chi connectivity index (χ0n) is 21.2. The number of aryl methyl sites for hydroxylation is 2. The molecule has 1 N–H and O–H groups in total. The third kappa shape index (κ3) is 7.15. The van der Waals surface area contributed by atoms with Gasteiger partial charge in [-0.05, 0) is 55.2 Å². The first-order valence-corrected chi connectivity index (χ1v) is 13.0. The summed E-state index contributed by atoms with van der Waals surface area (Å²) in [5.41, 5.74) is 0.328. The van der Waals surface area contributed by atoms with E-state index in [2.05, 4.69) is 33.5 Å². The Morgan fingerprint density at radius 3 is 2.67 bits per heavy atom. The minimum absolute atomic E-state index is 0.264. The number of ether oxygens (including phenoxy) is 3. The highest BCUT2D eigenvalue weighted by atomic mass is 35.5. The normalized spacial score (nSPS) is 15.6. The van der Waals surface area contributed by atoms with Crippen LogP contribution in [0.3, 0.4) is 0 Å². The SMILES string of the molecule is CCc1nccn1CCCOc1cc(CN2CCC(O)(COc3cccc(Cl)c3)CC2)ccc1OC. The zero-order chi connectivity index (χ0) is 25.4. The van der Waals surface area contributed by atoms with Crippen molar-refractivity contribution in [2.45, 2.75) is 51.3 Å². The number of hydrogen-bond donors (Lipinski definition) is 1. The summed E-state index contributed by atoms with van der Waals surface area (Å²) < 4.78 is 19.6. The van der Waals surface area contributed by atoms with Gasteiger partial charge >= 0.3 is 0 Å². The number of benzene rings is 2. The molecule has 1 aromatic heterocycles. The van der Waals surface area contributed by atoms with Gasteiger partial charge in [-0.15, -0.1) is 0 Å². The van der Waals surface area contributed by atoms with E-state index < -0.39 is 5.60 Å². The molecule has 0 radical (unpaired) electrons. The van der Waals surface area contributed by atoms with Gasteiger partial charge in [-0.2, -0.15) is 0 Å². The average Bonchev–Trinajstić information content (AvgIpc) is 3.35. The molecular formula is C28H36ClN3O4. The van der Waals surface area contributed by atoms with Crippen LogP contribution in [0.15, 0.2) is 54.9 Å². The van der Waals surface area contributed by atoms with Crippen LogP contribution in [-0.2, 0) is 19.5 Å². The summed E-state index contributed by atoms with van der Waals surface area (Å²) in [5, 5.41) is 11.6. The predicted molar refractivity (Wildman–Crippen MR) is 141 cm³/mol. The molecule has 0 unspecified atom stereocenters. The monoisotopic (exact) mass is 513 g/mol. The fourth-order valence-electron chi connectivity index (χ4n) is 4.51. The number of piperidine rings is 1. The van der Waals surface area contributed by atoms with Gasteiger partial charge in [0.05, 0.1) is 13.7 Å². The minimum Gasteiger partial charge on any atom is -0.493 e. The first kappa shape index (κ1) is 26.3. The molecule has 8 heteroatoms. The van der Waals surface area contributed by atoms with Crippen LogP contribution in [0.2, 0.25) is 5.02 Å². The average molecular weight is 514 g/mol. The van der Waals surface area contributed by atoms with Crippen LogP contribution in [-0.4, -0.2) is 58.6 Å². The van der Waals surface area contributed by atoms with Crippen molar-refractivity contribution in [1.82, 2.24) is 14.5 Å². The predicted octanol–water partition coefficient (Wildman–Crippen LogP) is 4.98. The van der Waals surface area contributed by atoms with Crippen molar-refractivity contribution in [3.05, 3.63) is 71.3 Å². The van der Waals surface area contributed by atoms with Crippen molar-refractivity contribution in [3.63, 3.8) is 0 Å². The van der Waals surface area contributed by atoms with Gasteiger partial charge in [-0.3, -0.25) is 4.90 Å². The van der Waals surface area contributed by atoms with Crippen molar-refractivity contribution in [3.8, 4) is 17.2 Å². The number of imidazole rings is 1. The summed E-state index contributed by atoms with van der Waals surface area (Å²) in [6.45, 7) is 6.24. The zero-order valence-corrected chi connectivity index (χ0v) is 21.9. The molecule has 2 aromatic carbocycles. The fraction of sp³-hybridized carbons (Fsp3) is 0.464. The summed E-state index contributed by atoms with van der Waals surface area (Å²) in [6.07, 6.45) is 6.98. The lowest BCUT2D eigenvalue weighted by atomic mass is 9.92. The van der Waals surface area contributed by atoms with Crippen LogP contribution >= 0.6 is 11.6 Å². The highest BCUT2D eigenvalue weighted by molar-refractivity contribution is 6.30. The van der Waals surface area contributed by atoms with E-state index in [1.54, 1.807) is 19.2 Å². The lowest BCUT2D eigenvalue weighted by molar-refractivity contribution is -0.0537. The third-order valence-electron chi connectivity index (χ3n) is 6.64. The maximum Gasteiger partial charge on any atom is 0.161 e. The van der Waals surface area contributed by atoms with E-state index in [4.69, 9.17) is 25.8 Å². The molecule has 1 aliphatic heterocycles. The highest BCUT2D eigenvalue weighted by Crippen LogP contribution is 2.30.